The summed E-state index contributed by atoms with van der Waals surface area (Å²) in [5.74, 6) is 0.714. The zero-order valence-electron chi connectivity index (χ0n) is 19.6. The number of ether oxygens (including phenoxy) is 3. The molecule has 9 nitrogen and oxygen atoms in total. The van der Waals surface area contributed by atoms with Crippen LogP contribution in [0.25, 0.3) is 16.7 Å². The molecule has 1 atom stereocenters. The van der Waals surface area contributed by atoms with Gasteiger partial charge < -0.3 is 19.5 Å². The molecule has 0 radical (unpaired) electrons. The smallest absolute Gasteiger partial charge is 0.328 e. The lowest BCUT2D eigenvalue weighted by molar-refractivity contribution is -0.142. The predicted octanol–water partition coefficient (Wildman–Crippen LogP) is 3.26. The molecule has 0 fully saturated rings. The van der Waals surface area contributed by atoms with E-state index in [1.54, 1.807) is 29.2 Å². The molecule has 0 spiro atoms. The van der Waals surface area contributed by atoms with Gasteiger partial charge in [-0.2, -0.15) is 5.10 Å². The van der Waals surface area contributed by atoms with E-state index in [0.717, 1.165) is 16.5 Å². The highest BCUT2D eigenvalue weighted by Gasteiger charge is 2.25. The molecular formula is C27H24N4O5. The Hall–Kier alpha value is -4.66. The molecule has 9 heteroatoms. The first-order chi connectivity index (χ1) is 17.6. The number of carbonyl (C=O) groups excluding carboxylic acids is 2. The van der Waals surface area contributed by atoms with E-state index in [1.807, 2.05) is 54.6 Å². The van der Waals surface area contributed by atoms with Crippen molar-refractivity contribution in [1.82, 2.24) is 20.1 Å². The van der Waals surface area contributed by atoms with Crippen LogP contribution in [0.4, 0.5) is 0 Å². The average molecular weight is 485 g/mol. The standard InChI is InChI=1S/C27H24N4O5/c1-34-27(33)23-15-18-6-8-20(9-7-18)35-13-2-3-14-36-21-10-11-24-19(16-21)17-29-31(24)25-22(26(32)30-23)5-4-12-28-25/h2-12,16-17,23H,13-15H2,1H3,(H,30,32)/b3-2+/t23-/m0/s1. The van der Waals surface area contributed by atoms with Gasteiger partial charge >= 0.3 is 5.97 Å². The van der Waals surface area contributed by atoms with Gasteiger partial charge in [-0.3, -0.25) is 4.79 Å². The molecule has 8 rings (SSSR count). The fourth-order valence-electron chi connectivity index (χ4n) is 3.97. The molecule has 2 aromatic carbocycles. The Morgan fingerprint density at radius 1 is 1.06 bits per heavy atom. The van der Waals surface area contributed by atoms with Crippen molar-refractivity contribution in [3.05, 3.63) is 90.3 Å². The summed E-state index contributed by atoms with van der Waals surface area (Å²) in [6.45, 7) is 0.780. The Labute approximate surface area is 207 Å². The number of hydrogen-bond donors (Lipinski definition) is 1. The predicted molar refractivity (Wildman–Crippen MR) is 132 cm³/mol. The molecular weight excluding hydrogens is 460 g/mol. The number of esters is 1. The van der Waals surface area contributed by atoms with E-state index in [4.69, 9.17) is 14.2 Å². The van der Waals surface area contributed by atoms with Gasteiger partial charge in [0.15, 0.2) is 5.82 Å². The third-order valence-corrected chi connectivity index (χ3v) is 5.78. The van der Waals surface area contributed by atoms with Crippen molar-refractivity contribution in [1.29, 1.82) is 0 Å². The lowest BCUT2D eigenvalue weighted by Crippen LogP contribution is -2.43. The van der Waals surface area contributed by atoms with Crippen LogP contribution in [0, 0.1) is 0 Å². The van der Waals surface area contributed by atoms with Crippen molar-refractivity contribution >= 4 is 22.8 Å². The van der Waals surface area contributed by atoms with Crippen LogP contribution in [0.5, 0.6) is 11.5 Å². The van der Waals surface area contributed by atoms with Crippen LogP contribution in [-0.2, 0) is 16.0 Å². The van der Waals surface area contributed by atoms with Crippen molar-refractivity contribution in [3.63, 3.8) is 0 Å². The maximum atomic E-state index is 13.4. The van der Waals surface area contributed by atoms with Crippen LogP contribution in [0.2, 0.25) is 0 Å². The average Bonchev–Trinajstić information content (AvgIpc) is 3.33. The number of rotatable bonds is 1. The molecule has 0 saturated carbocycles. The quantitative estimate of drug-likeness (QED) is 0.327. The van der Waals surface area contributed by atoms with Crippen LogP contribution in [0.15, 0.2) is 79.1 Å². The Morgan fingerprint density at radius 3 is 2.58 bits per heavy atom. The number of nitrogens with zero attached hydrogens (tertiary/aromatic N) is 3. The normalized spacial score (nSPS) is 16.9. The monoisotopic (exact) mass is 484 g/mol. The number of nitrogens with one attached hydrogen (secondary N) is 1. The van der Waals surface area contributed by atoms with Crippen molar-refractivity contribution < 1.29 is 23.8 Å². The fraction of sp³-hybridized carbons (Fsp3) is 0.185. The number of carbonyl (C=O) groups is 2. The number of aromatic nitrogens is 3. The summed E-state index contributed by atoms with van der Waals surface area (Å²) in [6.07, 6.45) is 7.31. The SMILES string of the molecule is COC(=O)[C@@H]1Cc2ccc(cc2)OC/C=C/COc2ccc3c(cnn3-c3ncccc3C(=O)N1)c2. The molecule has 182 valence electrons. The first-order valence-corrected chi connectivity index (χ1v) is 11.4. The fourth-order valence-corrected chi connectivity index (χ4v) is 3.97. The summed E-state index contributed by atoms with van der Waals surface area (Å²) in [5, 5.41) is 8.09. The lowest BCUT2D eigenvalue weighted by Gasteiger charge is -2.18. The van der Waals surface area contributed by atoms with Crippen LogP contribution in [-0.4, -0.2) is 53.0 Å². The van der Waals surface area contributed by atoms with Gasteiger partial charge in [-0.25, -0.2) is 14.5 Å². The van der Waals surface area contributed by atoms with Crippen LogP contribution in [0.3, 0.4) is 0 Å². The topological polar surface area (TPSA) is 105 Å². The minimum Gasteiger partial charge on any atom is -0.490 e. The minimum atomic E-state index is -0.895. The molecule has 6 bridgehead atoms. The van der Waals surface area contributed by atoms with Gasteiger partial charge in [0, 0.05) is 18.0 Å². The van der Waals surface area contributed by atoms with Gasteiger partial charge in [0.2, 0.25) is 0 Å². The summed E-state index contributed by atoms with van der Waals surface area (Å²) in [4.78, 5) is 30.3. The van der Waals surface area contributed by atoms with Crippen molar-refractivity contribution in [2.75, 3.05) is 20.3 Å². The summed E-state index contributed by atoms with van der Waals surface area (Å²) < 4.78 is 18.1. The molecule has 2 aromatic heterocycles. The zero-order chi connectivity index (χ0) is 24.9. The molecule has 4 aliphatic heterocycles. The zero-order valence-corrected chi connectivity index (χ0v) is 19.6. The van der Waals surface area contributed by atoms with E-state index in [9.17, 15) is 9.59 Å². The second-order valence-electron chi connectivity index (χ2n) is 8.14. The van der Waals surface area contributed by atoms with Gasteiger partial charge in [0.1, 0.15) is 30.8 Å². The van der Waals surface area contributed by atoms with Gasteiger partial charge in [-0.05, 0) is 60.2 Å². The Bertz CT molecular complexity index is 1430. The molecule has 4 aromatic rings. The lowest BCUT2D eigenvalue weighted by atomic mass is 10.1. The third-order valence-electron chi connectivity index (χ3n) is 5.78. The maximum Gasteiger partial charge on any atom is 0.328 e. The molecule has 4 aliphatic rings. The second-order valence-corrected chi connectivity index (χ2v) is 8.14. The summed E-state index contributed by atoms with van der Waals surface area (Å²) >= 11 is 0. The highest BCUT2D eigenvalue weighted by molar-refractivity contribution is 5.99. The van der Waals surface area contributed by atoms with Crippen molar-refractivity contribution in [2.45, 2.75) is 12.5 Å². The van der Waals surface area contributed by atoms with Crippen LogP contribution in [0.1, 0.15) is 15.9 Å². The second kappa shape index (κ2) is 10.3. The molecule has 0 saturated heterocycles. The largest absolute Gasteiger partial charge is 0.490 e. The van der Waals surface area contributed by atoms with E-state index in [0.29, 0.717) is 30.5 Å². The molecule has 1 amide bonds. The van der Waals surface area contributed by atoms with Gasteiger partial charge in [-0.15, -0.1) is 0 Å². The molecule has 0 aliphatic carbocycles. The van der Waals surface area contributed by atoms with E-state index in [2.05, 4.69) is 15.4 Å². The van der Waals surface area contributed by atoms with E-state index < -0.39 is 17.9 Å². The number of pyridine rings is 1. The minimum absolute atomic E-state index is 0.249. The van der Waals surface area contributed by atoms with Gasteiger partial charge in [0.25, 0.3) is 5.91 Å². The number of hydrogen-bond acceptors (Lipinski definition) is 7. The molecule has 6 heterocycles. The number of methoxy groups -OCH3 is 1. The Balaban J connectivity index is 1.55. The van der Waals surface area contributed by atoms with E-state index >= 15 is 0 Å². The van der Waals surface area contributed by atoms with Gasteiger partial charge in [0.05, 0.1) is 24.4 Å². The third kappa shape index (κ3) is 4.90. The van der Waals surface area contributed by atoms with Crippen molar-refractivity contribution in [3.8, 4) is 17.3 Å². The number of amides is 1. The first kappa shape index (κ1) is 23.1. The van der Waals surface area contributed by atoms with Crippen LogP contribution < -0.4 is 14.8 Å². The summed E-state index contributed by atoms with van der Waals surface area (Å²) in [5.41, 5.74) is 1.87. The molecule has 0 unspecified atom stereocenters. The van der Waals surface area contributed by atoms with E-state index in [-0.39, 0.29) is 12.0 Å². The summed E-state index contributed by atoms with van der Waals surface area (Å²) in [6, 6.07) is 15.3. The molecule has 1 N–H and O–H groups in total. The first-order valence-electron chi connectivity index (χ1n) is 11.4. The number of benzene rings is 2. The maximum absolute atomic E-state index is 13.4. The molecule has 36 heavy (non-hydrogen) atoms. The van der Waals surface area contributed by atoms with Gasteiger partial charge in [-0.1, -0.05) is 12.1 Å². The highest BCUT2D eigenvalue weighted by Crippen LogP contribution is 2.24. The Morgan fingerprint density at radius 2 is 1.81 bits per heavy atom. The summed E-state index contributed by atoms with van der Waals surface area (Å²) in [7, 11) is 1.29. The van der Waals surface area contributed by atoms with Crippen LogP contribution >= 0.6 is 0 Å². The van der Waals surface area contributed by atoms with Crippen molar-refractivity contribution in [2.24, 2.45) is 0 Å². The van der Waals surface area contributed by atoms with E-state index in [1.165, 1.54) is 7.11 Å². The highest BCUT2D eigenvalue weighted by atomic mass is 16.5. The Kier molecular flexibility index (Phi) is 6.61.